The maximum absolute atomic E-state index is 3.62. The molecule has 1 aromatic carbocycles. The molecule has 0 aromatic heterocycles. The van der Waals surface area contributed by atoms with E-state index in [1.54, 1.807) is 0 Å². The van der Waals surface area contributed by atoms with Gasteiger partial charge in [-0.25, -0.2) is 0 Å². The number of hydrogen-bond acceptors (Lipinski definition) is 3. The third kappa shape index (κ3) is 4.30. The highest BCUT2D eigenvalue weighted by atomic mass is 15.2. The van der Waals surface area contributed by atoms with Crippen LogP contribution in [-0.2, 0) is 0 Å². The van der Waals surface area contributed by atoms with Crippen LogP contribution < -0.4 is 5.32 Å². The van der Waals surface area contributed by atoms with Crippen LogP contribution in [0.25, 0.3) is 0 Å². The highest BCUT2D eigenvalue weighted by Gasteiger charge is 2.23. The SMILES string of the molecule is CCNC(CN(C)C1CCCN(C)C1)c1ccccc1. The third-order valence-electron chi connectivity index (χ3n) is 4.35. The van der Waals surface area contributed by atoms with E-state index in [2.05, 4.69) is 66.5 Å². The molecule has 0 bridgehead atoms. The van der Waals surface area contributed by atoms with E-state index in [1.807, 2.05) is 0 Å². The van der Waals surface area contributed by atoms with E-state index >= 15 is 0 Å². The summed E-state index contributed by atoms with van der Waals surface area (Å²) in [4.78, 5) is 4.99. The number of nitrogens with one attached hydrogen (secondary N) is 1. The van der Waals surface area contributed by atoms with Gasteiger partial charge >= 0.3 is 0 Å². The lowest BCUT2D eigenvalue weighted by Gasteiger charge is -2.37. The van der Waals surface area contributed by atoms with E-state index in [-0.39, 0.29) is 0 Å². The molecule has 1 aliphatic rings. The van der Waals surface area contributed by atoms with E-state index in [0.29, 0.717) is 12.1 Å². The fourth-order valence-electron chi connectivity index (χ4n) is 3.16. The molecule has 0 radical (unpaired) electrons. The number of piperidine rings is 1. The summed E-state index contributed by atoms with van der Waals surface area (Å²) in [6, 6.07) is 11.9. The Kier molecular flexibility index (Phi) is 6.02. The molecule has 0 spiro atoms. The van der Waals surface area contributed by atoms with Gasteiger partial charge in [-0.1, -0.05) is 37.3 Å². The van der Waals surface area contributed by atoms with Gasteiger partial charge in [0.25, 0.3) is 0 Å². The Labute approximate surface area is 124 Å². The maximum atomic E-state index is 3.62. The molecule has 1 fully saturated rings. The summed E-state index contributed by atoms with van der Waals surface area (Å²) in [6.07, 6.45) is 2.65. The molecule has 1 aliphatic heterocycles. The topological polar surface area (TPSA) is 18.5 Å². The van der Waals surface area contributed by atoms with Crippen molar-refractivity contribution in [1.29, 1.82) is 0 Å². The zero-order chi connectivity index (χ0) is 14.4. The van der Waals surface area contributed by atoms with Crippen LogP contribution in [0.15, 0.2) is 30.3 Å². The number of hydrogen-bond donors (Lipinski definition) is 1. The van der Waals surface area contributed by atoms with Crippen molar-refractivity contribution in [3.63, 3.8) is 0 Å². The molecular formula is C17H29N3. The molecule has 112 valence electrons. The van der Waals surface area contributed by atoms with Gasteiger partial charge in [-0.05, 0) is 45.6 Å². The van der Waals surface area contributed by atoms with Crippen molar-refractivity contribution in [3.8, 4) is 0 Å². The Hall–Kier alpha value is -0.900. The molecule has 1 saturated heterocycles. The fraction of sp³-hybridized carbons (Fsp3) is 0.647. The quantitative estimate of drug-likeness (QED) is 0.860. The number of likely N-dealkylation sites (N-methyl/N-ethyl adjacent to an activating group) is 3. The lowest BCUT2D eigenvalue weighted by molar-refractivity contribution is 0.125. The Bertz CT molecular complexity index is 379. The minimum absolute atomic E-state index is 0.429. The highest BCUT2D eigenvalue weighted by Crippen LogP contribution is 2.18. The number of rotatable bonds is 6. The van der Waals surface area contributed by atoms with Gasteiger partial charge in [0, 0.05) is 25.2 Å². The van der Waals surface area contributed by atoms with Crippen LogP contribution in [0.3, 0.4) is 0 Å². The van der Waals surface area contributed by atoms with E-state index in [0.717, 1.165) is 13.1 Å². The highest BCUT2D eigenvalue weighted by molar-refractivity contribution is 5.19. The molecule has 2 atom stereocenters. The first kappa shape index (κ1) is 15.5. The monoisotopic (exact) mass is 275 g/mol. The van der Waals surface area contributed by atoms with Gasteiger partial charge in [0.2, 0.25) is 0 Å². The second kappa shape index (κ2) is 7.77. The van der Waals surface area contributed by atoms with Gasteiger partial charge in [-0.2, -0.15) is 0 Å². The van der Waals surface area contributed by atoms with Crippen molar-refractivity contribution < 1.29 is 0 Å². The fourth-order valence-corrected chi connectivity index (χ4v) is 3.16. The standard InChI is InChI=1S/C17H29N3/c1-4-18-17(15-9-6-5-7-10-15)14-20(3)16-11-8-12-19(2)13-16/h5-7,9-10,16-18H,4,8,11-14H2,1-3H3. The average Bonchev–Trinajstić information content (AvgIpc) is 2.47. The molecule has 2 rings (SSSR count). The van der Waals surface area contributed by atoms with Crippen LogP contribution >= 0.6 is 0 Å². The Morgan fingerprint density at radius 3 is 2.75 bits per heavy atom. The normalized spacial score (nSPS) is 22.1. The summed E-state index contributed by atoms with van der Waals surface area (Å²) in [5.74, 6) is 0. The third-order valence-corrected chi connectivity index (χ3v) is 4.35. The predicted molar refractivity (Wildman–Crippen MR) is 86.0 cm³/mol. The molecule has 0 saturated carbocycles. The summed E-state index contributed by atoms with van der Waals surface area (Å²) >= 11 is 0. The van der Waals surface area contributed by atoms with Crippen LogP contribution in [0.4, 0.5) is 0 Å². The molecule has 3 nitrogen and oxygen atoms in total. The van der Waals surface area contributed by atoms with Crippen LogP contribution in [-0.4, -0.2) is 56.1 Å². The lowest BCUT2D eigenvalue weighted by atomic mass is 10.0. The summed E-state index contributed by atoms with van der Waals surface area (Å²) in [7, 11) is 4.51. The Morgan fingerprint density at radius 1 is 1.35 bits per heavy atom. The van der Waals surface area contributed by atoms with Gasteiger partial charge in [-0.15, -0.1) is 0 Å². The second-order valence-corrected chi connectivity index (χ2v) is 6.02. The molecule has 1 N–H and O–H groups in total. The summed E-state index contributed by atoms with van der Waals surface area (Å²) in [5, 5.41) is 3.62. The van der Waals surface area contributed by atoms with Crippen molar-refractivity contribution in [3.05, 3.63) is 35.9 Å². The summed E-state index contributed by atoms with van der Waals surface area (Å²) in [5.41, 5.74) is 1.39. The smallest absolute Gasteiger partial charge is 0.0449 e. The van der Waals surface area contributed by atoms with Crippen molar-refractivity contribution in [2.24, 2.45) is 0 Å². The zero-order valence-electron chi connectivity index (χ0n) is 13.2. The largest absolute Gasteiger partial charge is 0.309 e. The summed E-state index contributed by atoms with van der Waals surface area (Å²) < 4.78 is 0. The minimum atomic E-state index is 0.429. The number of benzene rings is 1. The van der Waals surface area contributed by atoms with Crippen LogP contribution in [0.1, 0.15) is 31.4 Å². The van der Waals surface area contributed by atoms with Crippen molar-refractivity contribution >= 4 is 0 Å². The first-order chi connectivity index (χ1) is 9.70. The zero-order valence-corrected chi connectivity index (χ0v) is 13.2. The first-order valence-corrected chi connectivity index (χ1v) is 7.87. The molecule has 3 heteroatoms. The number of likely N-dealkylation sites (tertiary alicyclic amines) is 1. The number of nitrogens with zero attached hydrogens (tertiary/aromatic N) is 2. The van der Waals surface area contributed by atoms with E-state index in [1.165, 1.54) is 31.5 Å². The van der Waals surface area contributed by atoms with Gasteiger partial charge in [-0.3, -0.25) is 0 Å². The van der Waals surface area contributed by atoms with Gasteiger partial charge in [0.15, 0.2) is 0 Å². The summed E-state index contributed by atoms with van der Waals surface area (Å²) in [6.45, 7) is 6.72. The Morgan fingerprint density at radius 2 is 2.10 bits per heavy atom. The molecule has 1 heterocycles. The van der Waals surface area contributed by atoms with Gasteiger partial charge < -0.3 is 15.1 Å². The molecular weight excluding hydrogens is 246 g/mol. The predicted octanol–water partition coefficient (Wildman–Crippen LogP) is 2.36. The van der Waals surface area contributed by atoms with Crippen molar-refractivity contribution in [2.75, 3.05) is 40.3 Å². The minimum Gasteiger partial charge on any atom is -0.309 e. The molecule has 2 unspecified atom stereocenters. The van der Waals surface area contributed by atoms with E-state index < -0.39 is 0 Å². The van der Waals surface area contributed by atoms with Crippen LogP contribution in [0.2, 0.25) is 0 Å². The van der Waals surface area contributed by atoms with Crippen molar-refractivity contribution in [1.82, 2.24) is 15.1 Å². The van der Waals surface area contributed by atoms with Gasteiger partial charge in [0.1, 0.15) is 0 Å². The maximum Gasteiger partial charge on any atom is 0.0449 e. The molecule has 0 aliphatic carbocycles. The van der Waals surface area contributed by atoms with E-state index in [4.69, 9.17) is 0 Å². The van der Waals surface area contributed by atoms with Crippen LogP contribution in [0.5, 0.6) is 0 Å². The average molecular weight is 275 g/mol. The first-order valence-electron chi connectivity index (χ1n) is 7.87. The van der Waals surface area contributed by atoms with Gasteiger partial charge in [0.05, 0.1) is 0 Å². The molecule has 20 heavy (non-hydrogen) atoms. The lowest BCUT2D eigenvalue weighted by Crippen LogP contribution is -2.47. The van der Waals surface area contributed by atoms with E-state index in [9.17, 15) is 0 Å². The molecule has 0 amide bonds. The second-order valence-electron chi connectivity index (χ2n) is 6.02. The van der Waals surface area contributed by atoms with Crippen molar-refractivity contribution in [2.45, 2.75) is 31.8 Å². The van der Waals surface area contributed by atoms with Crippen LogP contribution in [0, 0.1) is 0 Å². The molecule has 1 aromatic rings. The Balaban J connectivity index is 1.97.